The molecule has 0 amide bonds. The van der Waals surface area contributed by atoms with Crippen molar-refractivity contribution in [2.24, 2.45) is 0 Å². The van der Waals surface area contributed by atoms with Gasteiger partial charge >= 0.3 is 0 Å². The first-order valence-electron chi connectivity index (χ1n) is 19.0. The quantitative estimate of drug-likeness (QED) is 0.171. The van der Waals surface area contributed by atoms with Crippen LogP contribution in [0, 0.1) is 0 Å². The largest absolute Gasteiger partial charge is 0.457 e. The van der Waals surface area contributed by atoms with E-state index in [2.05, 4.69) is 213 Å². The van der Waals surface area contributed by atoms with Gasteiger partial charge in [-0.05, 0) is 122 Å². The zero-order valence-electron chi connectivity index (χ0n) is 30.9. The van der Waals surface area contributed by atoms with Gasteiger partial charge in [-0.2, -0.15) is 0 Å². The smallest absolute Gasteiger partial charge is 0.131 e. The highest BCUT2D eigenvalue weighted by molar-refractivity contribution is 5.89. The summed E-state index contributed by atoms with van der Waals surface area (Å²) in [4.78, 5) is 2.35. The number of rotatable bonds is 6. The summed E-state index contributed by atoms with van der Waals surface area (Å²) in [7, 11) is 0. The second kappa shape index (κ2) is 13.2. The molecule has 262 valence electrons. The predicted octanol–water partition coefficient (Wildman–Crippen LogP) is 14.9. The number of ether oxygens (including phenoxy) is 1. The number of anilines is 3. The van der Waals surface area contributed by atoms with Crippen LogP contribution in [0.4, 0.5) is 17.1 Å². The van der Waals surface area contributed by atoms with Crippen LogP contribution in [0.1, 0.15) is 25.0 Å². The molecule has 10 rings (SSSR count). The van der Waals surface area contributed by atoms with Gasteiger partial charge in [0.25, 0.3) is 0 Å². The maximum atomic E-state index is 6.36. The normalized spacial score (nSPS) is 12.8. The molecule has 0 spiro atoms. The van der Waals surface area contributed by atoms with Crippen molar-refractivity contribution in [2.45, 2.75) is 19.3 Å². The Labute approximate surface area is 322 Å². The molecule has 9 aromatic carbocycles. The van der Waals surface area contributed by atoms with Crippen molar-refractivity contribution in [1.82, 2.24) is 0 Å². The minimum Gasteiger partial charge on any atom is -0.457 e. The summed E-state index contributed by atoms with van der Waals surface area (Å²) in [5, 5.41) is 5.00. The first-order chi connectivity index (χ1) is 27.0. The van der Waals surface area contributed by atoms with Gasteiger partial charge in [0.05, 0.1) is 0 Å². The predicted molar refractivity (Wildman–Crippen MR) is 231 cm³/mol. The number of hydrogen-bond donors (Lipinski definition) is 0. The molecule has 0 radical (unpaired) electrons. The summed E-state index contributed by atoms with van der Waals surface area (Å²) >= 11 is 0. The molecule has 0 bridgehead atoms. The van der Waals surface area contributed by atoms with Crippen molar-refractivity contribution in [1.29, 1.82) is 0 Å². The molecule has 0 aromatic heterocycles. The summed E-state index contributed by atoms with van der Waals surface area (Å²) in [5.74, 6) is 1.86. The molecule has 0 unspecified atom stereocenters. The van der Waals surface area contributed by atoms with Gasteiger partial charge in [-0.25, -0.2) is 0 Å². The minimum atomic E-state index is -0.172. The Kier molecular flexibility index (Phi) is 7.85. The van der Waals surface area contributed by atoms with Crippen LogP contribution in [0.3, 0.4) is 0 Å². The maximum Gasteiger partial charge on any atom is 0.131 e. The second-order valence-electron chi connectivity index (χ2n) is 15.0. The van der Waals surface area contributed by atoms with E-state index in [0.29, 0.717) is 0 Å². The molecule has 1 heterocycles. The van der Waals surface area contributed by atoms with Gasteiger partial charge in [0.15, 0.2) is 0 Å². The lowest BCUT2D eigenvalue weighted by molar-refractivity contribution is 0.418. The number of benzene rings is 9. The Bertz CT molecular complexity index is 2730. The van der Waals surface area contributed by atoms with Gasteiger partial charge in [0, 0.05) is 33.6 Å². The molecular weight excluding hydrogens is 667 g/mol. The van der Waals surface area contributed by atoms with Gasteiger partial charge in [0.2, 0.25) is 0 Å². The Hall–Kier alpha value is -6.90. The van der Waals surface area contributed by atoms with E-state index >= 15 is 0 Å². The molecular formula is C53H39NO. The van der Waals surface area contributed by atoms with E-state index in [1.807, 2.05) is 6.07 Å². The lowest BCUT2D eigenvalue weighted by Gasteiger charge is -2.34. The molecule has 55 heavy (non-hydrogen) atoms. The zero-order valence-corrected chi connectivity index (χ0v) is 30.9. The van der Waals surface area contributed by atoms with Gasteiger partial charge in [-0.3, -0.25) is 0 Å². The molecule has 0 fully saturated rings. The van der Waals surface area contributed by atoms with Crippen LogP contribution in [0.2, 0.25) is 0 Å². The first-order valence-corrected chi connectivity index (χ1v) is 19.0. The van der Waals surface area contributed by atoms with Crippen LogP contribution in [0.15, 0.2) is 200 Å². The summed E-state index contributed by atoms with van der Waals surface area (Å²) in [5.41, 5.74) is 12.7. The van der Waals surface area contributed by atoms with Crippen molar-refractivity contribution in [3.05, 3.63) is 211 Å². The fourth-order valence-electron chi connectivity index (χ4n) is 8.22. The van der Waals surface area contributed by atoms with Crippen molar-refractivity contribution < 1.29 is 4.74 Å². The molecule has 1 aliphatic rings. The van der Waals surface area contributed by atoms with Crippen molar-refractivity contribution >= 4 is 38.6 Å². The van der Waals surface area contributed by atoms with Crippen LogP contribution in [-0.4, -0.2) is 0 Å². The number of fused-ring (bicyclic) bond motifs is 4. The molecule has 0 aliphatic carbocycles. The highest BCUT2D eigenvalue weighted by Crippen LogP contribution is 2.49. The van der Waals surface area contributed by atoms with E-state index < -0.39 is 0 Å². The highest BCUT2D eigenvalue weighted by atomic mass is 16.5. The topological polar surface area (TPSA) is 12.5 Å². The molecule has 2 nitrogen and oxygen atoms in total. The number of hydrogen-bond acceptors (Lipinski definition) is 2. The van der Waals surface area contributed by atoms with Crippen LogP contribution < -0.4 is 9.64 Å². The highest BCUT2D eigenvalue weighted by Gasteiger charge is 2.34. The van der Waals surface area contributed by atoms with E-state index in [1.54, 1.807) is 0 Å². The number of nitrogens with zero attached hydrogens (tertiary/aromatic N) is 1. The average molecular weight is 706 g/mol. The van der Waals surface area contributed by atoms with Crippen LogP contribution in [-0.2, 0) is 5.41 Å². The third-order valence-corrected chi connectivity index (χ3v) is 11.3. The van der Waals surface area contributed by atoms with Crippen LogP contribution in [0.5, 0.6) is 11.5 Å². The van der Waals surface area contributed by atoms with Gasteiger partial charge in [-0.15, -0.1) is 0 Å². The monoisotopic (exact) mass is 705 g/mol. The fraction of sp³-hybridized carbons (Fsp3) is 0.0566. The Balaban J connectivity index is 1.01. The van der Waals surface area contributed by atoms with Crippen LogP contribution >= 0.6 is 0 Å². The van der Waals surface area contributed by atoms with Crippen LogP contribution in [0.25, 0.3) is 54.9 Å². The Morgan fingerprint density at radius 2 is 0.709 bits per heavy atom. The molecule has 0 saturated heterocycles. The summed E-state index contributed by atoms with van der Waals surface area (Å²) < 4.78 is 6.36. The molecule has 0 atom stereocenters. The van der Waals surface area contributed by atoms with Gasteiger partial charge < -0.3 is 9.64 Å². The average Bonchev–Trinajstić information content (AvgIpc) is 3.24. The van der Waals surface area contributed by atoms with E-state index in [4.69, 9.17) is 4.74 Å². The SMILES string of the molecule is CC1(C)c2ccccc2Oc2ccc(-c3ccc(N(c4ccc(-c5ccc6ccccc6c5)cc4)c4ccc(-c5ccc6ccccc6c5)cc4)cc3)cc21. The Morgan fingerprint density at radius 3 is 1.22 bits per heavy atom. The first kappa shape index (κ1) is 32.7. The van der Waals surface area contributed by atoms with Gasteiger partial charge in [0.1, 0.15) is 11.5 Å². The lowest BCUT2D eigenvalue weighted by Crippen LogP contribution is -2.24. The van der Waals surface area contributed by atoms with E-state index in [1.165, 1.54) is 66.1 Å². The van der Waals surface area contributed by atoms with E-state index in [-0.39, 0.29) is 5.41 Å². The molecule has 9 aromatic rings. The van der Waals surface area contributed by atoms with Crippen molar-refractivity contribution in [3.8, 4) is 44.9 Å². The van der Waals surface area contributed by atoms with Crippen molar-refractivity contribution in [3.63, 3.8) is 0 Å². The minimum absolute atomic E-state index is 0.172. The van der Waals surface area contributed by atoms with E-state index in [0.717, 1.165) is 28.6 Å². The zero-order chi connectivity index (χ0) is 36.9. The molecule has 0 saturated carbocycles. The molecule has 0 N–H and O–H groups in total. The fourth-order valence-corrected chi connectivity index (χ4v) is 8.22. The third-order valence-electron chi connectivity index (χ3n) is 11.3. The number of para-hydroxylation sites is 1. The van der Waals surface area contributed by atoms with E-state index in [9.17, 15) is 0 Å². The standard InChI is InChI=1S/C53H39NO/c1-53(2)49-13-7-8-14-51(49)55-52-32-25-45(35-50(52)53)40-23-30-48(31-24-40)54(46-26-19-38(20-27-46)43-17-15-36-9-3-5-11-41(36)33-43)47-28-21-39(22-29-47)44-18-16-37-10-4-6-12-42(37)34-44/h3-35H,1-2H3. The summed E-state index contributed by atoms with van der Waals surface area (Å²) in [6.45, 7) is 4.57. The second-order valence-corrected chi connectivity index (χ2v) is 15.0. The Morgan fingerprint density at radius 1 is 0.327 bits per heavy atom. The van der Waals surface area contributed by atoms with Crippen molar-refractivity contribution in [2.75, 3.05) is 4.90 Å². The van der Waals surface area contributed by atoms with Gasteiger partial charge in [-0.1, -0.05) is 147 Å². The maximum absolute atomic E-state index is 6.36. The lowest BCUT2D eigenvalue weighted by atomic mass is 9.75. The molecule has 1 aliphatic heterocycles. The molecule has 2 heteroatoms. The summed E-state index contributed by atoms with van der Waals surface area (Å²) in [6, 6.07) is 72.3. The third kappa shape index (κ3) is 5.93. The summed E-state index contributed by atoms with van der Waals surface area (Å²) in [6.07, 6.45) is 0.